The van der Waals surface area contributed by atoms with E-state index < -0.39 is 0 Å². The molecule has 32 heavy (non-hydrogen) atoms. The number of aromatic nitrogens is 2. The number of nitrogens with zero attached hydrogens (tertiary/aromatic N) is 2. The van der Waals surface area contributed by atoms with Crippen LogP contribution in [0.5, 0.6) is 0 Å². The highest BCUT2D eigenvalue weighted by Gasteiger charge is 2.26. The van der Waals surface area contributed by atoms with Crippen LogP contribution in [0.4, 0.5) is 0 Å². The third-order valence-electron chi connectivity index (χ3n) is 8.65. The number of rotatable bonds is 14. The van der Waals surface area contributed by atoms with Crippen LogP contribution in [0, 0.1) is 17.8 Å². The summed E-state index contributed by atoms with van der Waals surface area (Å²) in [5.74, 6) is 4.79. The standard InChI is InChI=1S/C30H52N2/c1-3-5-6-7-8-9-10-12-28-23-31-30(32-24-28)29-21-19-27(20-22-29)18-17-26-15-13-25(11-4-2)14-16-26/h23-27,29H,3-22H2,1-2H3. The number of hydrogen-bond acceptors (Lipinski definition) is 2. The van der Waals surface area contributed by atoms with Gasteiger partial charge in [-0.15, -0.1) is 0 Å². The predicted octanol–water partition coefficient (Wildman–Crippen LogP) is 9.43. The van der Waals surface area contributed by atoms with Crippen molar-refractivity contribution in [3.63, 3.8) is 0 Å². The Bertz CT molecular complexity index is 579. The molecule has 0 amide bonds. The molecular formula is C30H52N2. The second-order valence-electron chi connectivity index (χ2n) is 11.3. The molecule has 1 aromatic rings. The van der Waals surface area contributed by atoms with E-state index in [1.54, 1.807) is 0 Å². The topological polar surface area (TPSA) is 25.8 Å². The van der Waals surface area contributed by atoms with Crippen LogP contribution in [-0.2, 0) is 6.42 Å². The minimum absolute atomic E-state index is 0.614. The molecule has 0 unspecified atom stereocenters. The molecule has 0 radical (unpaired) electrons. The van der Waals surface area contributed by atoms with Crippen molar-refractivity contribution in [2.24, 2.45) is 17.8 Å². The van der Waals surface area contributed by atoms with Gasteiger partial charge in [0.2, 0.25) is 0 Å². The summed E-state index contributed by atoms with van der Waals surface area (Å²) in [7, 11) is 0. The lowest BCUT2D eigenvalue weighted by Gasteiger charge is -2.31. The number of aryl methyl sites for hydroxylation is 1. The first-order valence-corrected chi connectivity index (χ1v) is 14.6. The second kappa shape index (κ2) is 15.1. The SMILES string of the molecule is CCCCCCCCCc1cnc(C2CCC(CCC3CCC(CCC)CC3)CC2)nc1. The summed E-state index contributed by atoms with van der Waals surface area (Å²) in [6, 6.07) is 0. The van der Waals surface area contributed by atoms with E-state index in [2.05, 4.69) is 26.2 Å². The smallest absolute Gasteiger partial charge is 0.131 e. The van der Waals surface area contributed by atoms with Crippen LogP contribution >= 0.6 is 0 Å². The zero-order chi connectivity index (χ0) is 22.4. The van der Waals surface area contributed by atoms with Crippen LogP contribution in [0.15, 0.2) is 12.4 Å². The number of hydrogen-bond donors (Lipinski definition) is 0. The molecule has 0 saturated heterocycles. The van der Waals surface area contributed by atoms with Gasteiger partial charge in [0, 0.05) is 18.3 Å². The highest BCUT2D eigenvalue weighted by atomic mass is 14.9. The Labute approximate surface area is 199 Å². The molecule has 0 aromatic carbocycles. The van der Waals surface area contributed by atoms with Crippen molar-refractivity contribution < 1.29 is 0 Å². The highest BCUT2D eigenvalue weighted by molar-refractivity contribution is 5.08. The van der Waals surface area contributed by atoms with E-state index in [-0.39, 0.29) is 0 Å². The maximum absolute atomic E-state index is 4.80. The van der Waals surface area contributed by atoms with Crippen molar-refractivity contribution in [3.8, 4) is 0 Å². The number of unbranched alkanes of at least 4 members (excludes halogenated alkanes) is 6. The average molecular weight is 441 g/mol. The molecule has 1 heterocycles. The van der Waals surface area contributed by atoms with Gasteiger partial charge in [-0.3, -0.25) is 0 Å². The molecule has 0 N–H and O–H groups in total. The quantitative estimate of drug-likeness (QED) is 0.269. The van der Waals surface area contributed by atoms with Crippen LogP contribution in [0.1, 0.15) is 153 Å². The van der Waals surface area contributed by atoms with E-state index in [0.717, 1.165) is 30.0 Å². The van der Waals surface area contributed by atoms with Gasteiger partial charge in [-0.25, -0.2) is 9.97 Å². The molecule has 0 spiro atoms. The Morgan fingerprint density at radius 1 is 0.594 bits per heavy atom. The summed E-state index contributed by atoms with van der Waals surface area (Å²) in [5, 5.41) is 0. The van der Waals surface area contributed by atoms with Crippen molar-refractivity contribution in [2.75, 3.05) is 0 Å². The van der Waals surface area contributed by atoms with Gasteiger partial charge < -0.3 is 0 Å². The molecular weight excluding hydrogens is 388 g/mol. The van der Waals surface area contributed by atoms with Gasteiger partial charge in [0.05, 0.1) is 0 Å². The molecule has 0 atom stereocenters. The lowest BCUT2D eigenvalue weighted by Crippen LogP contribution is -2.18. The van der Waals surface area contributed by atoms with Crippen LogP contribution in [0.3, 0.4) is 0 Å². The Morgan fingerprint density at radius 2 is 1.09 bits per heavy atom. The summed E-state index contributed by atoms with van der Waals surface area (Å²) in [5.41, 5.74) is 1.34. The fraction of sp³-hybridized carbons (Fsp3) is 0.867. The Kier molecular flexibility index (Phi) is 12.1. The van der Waals surface area contributed by atoms with Gasteiger partial charge in [0.1, 0.15) is 5.82 Å². The molecule has 2 heteroatoms. The van der Waals surface area contributed by atoms with Crippen molar-refractivity contribution >= 4 is 0 Å². The molecule has 182 valence electrons. The molecule has 2 nitrogen and oxygen atoms in total. The van der Waals surface area contributed by atoms with Crippen LogP contribution in [0.2, 0.25) is 0 Å². The summed E-state index contributed by atoms with van der Waals surface area (Å²) in [6.45, 7) is 4.63. The first kappa shape index (κ1) is 25.7. The molecule has 2 saturated carbocycles. The molecule has 2 aliphatic rings. The fourth-order valence-electron chi connectivity index (χ4n) is 6.39. The Morgan fingerprint density at radius 3 is 1.66 bits per heavy atom. The Hall–Kier alpha value is -0.920. The molecule has 3 rings (SSSR count). The van der Waals surface area contributed by atoms with Gasteiger partial charge in [-0.05, 0) is 61.8 Å². The summed E-state index contributed by atoms with van der Waals surface area (Å²) in [6.07, 6.45) is 32.3. The zero-order valence-electron chi connectivity index (χ0n) is 21.5. The highest BCUT2D eigenvalue weighted by Crippen LogP contribution is 2.39. The van der Waals surface area contributed by atoms with E-state index in [4.69, 9.17) is 9.97 Å². The maximum atomic E-state index is 4.80. The first-order chi connectivity index (χ1) is 15.8. The minimum Gasteiger partial charge on any atom is -0.241 e. The Balaban J connectivity index is 1.27. The van der Waals surface area contributed by atoms with Crippen LogP contribution < -0.4 is 0 Å². The third kappa shape index (κ3) is 9.14. The summed E-state index contributed by atoms with van der Waals surface area (Å²) < 4.78 is 0. The average Bonchev–Trinajstić information content (AvgIpc) is 2.84. The van der Waals surface area contributed by atoms with Crippen molar-refractivity contribution in [1.29, 1.82) is 0 Å². The molecule has 0 aliphatic heterocycles. The monoisotopic (exact) mass is 440 g/mol. The van der Waals surface area contributed by atoms with Crippen LogP contribution in [0.25, 0.3) is 0 Å². The van der Waals surface area contributed by atoms with Crippen LogP contribution in [-0.4, -0.2) is 9.97 Å². The molecule has 0 bridgehead atoms. The van der Waals surface area contributed by atoms with E-state index in [0.29, 0.717) is 5.92 Å². The normalized spacial score (nSPS) is 26.3. The third-order valence-corrected chi connectivity index (χ3v) is 8.65. The predicted molar refractivity (Wildman–Crippen MR) is 138 cm³/mol. The lowest BCUT2D eigenvalue weighted by atomic mass is 9.75. The van der Waals surface area contributed by atoms with Gasteiger partial charge >= 0.3 is 0 Å². The van der Waals surface area contributed by atoms with E-state index in [9.17, 15) is 0 Å². The van der Waals surface area contributed by atoms with E-state index in [1.165, 1.54) is 128 Å². The van der Waals surface area contributed by atoms with E-state index in [1.807, 2.05) is 0 Å². The summed E-state index contributed by atoms with van der Waals surface area (Å²) in [4.78, 5) is 9.59. The molecule has 2 aliphatic carbocycles. The zero-order valence-corrected chi connectivity index (χ0v) is 21.5. The van der Waals surface area contributed by atoms with Crippen molar-refractivity contribution in [3.05, 3.63) is 23.8 Å². The van der Waals surface area contributed by atoms with Gasteiger partial charge in [0.25, 0.3) is 0 Å². The van der Waals surface area contributed by atoms with Gasteiger partial charge in [0.15, 0.2) is 0 Å². The fourth-order valence-corrected chi connectivity index (χ4v) is 6.39. The second-order valence-corrected chi connectivity index (χ2v) is 11.3. The van der Waals surface area contributed by atoms with Crippen molar-refractivity contribution in [1.82, 2.24) is 9.97 Å². The molecule has 1 aromatic heterocycles. The van der Waals surface area contributed by atoms with Gasteiger partial charge in [-0.1, -0.05) is 104 Å². The van der Waals surface area contributed by atoms with E-state index >= 15 is 0 Å². The first-order valence-electron chi connectivity index (χ1n) is 14.6. The van der Waals surface area contributed by atoms with Gasteiger partial charge in [-0.2, -0.15) is 0 Å². The lowest BCUT2D eigenvalue weighted by molar-refractivity contribution is 0.223. The molecule has 2 fully saturated rings. The maximum Gasteiger partial charge on any atom is 0.131 e. The largest absolute Gasteiger partial charge is 0.241 e. The minimum atomic E-state index is 0.614. The van der Waals surface area contributed by atoms with Crippen molar-refractivity contribution in [2.45, 2.75) is 148 Å². The summed E-state index contributed by atoms with van der Waals surface area (Å²) >= 11 is 0.